The maximum absolute atomic E-state index is 5.26. The largest absolute Gasteiger partial charge is 0.495 e. The third-order valence-electron chi connectivity index (χ3n) is 2.46. The zero-order valence-corrected chi connectivity index (χ0v) is 9.47. The molecule has 0 aliphatic heterocycles. The molecule has 16 heavy (non-hydrogen) atoms. The number of aromatic nitrogens is 2. The molecular formula is C12H15N3O. The number of para-hydroxylation sites is 2. The van der Waals surface area contributed by atoms with Crippen LogP contribution in [-0.4, -0.2) is 16.7 Å². The van der Waals surface area contributed by atoms with Gasteiger partial charge in [-0.1, -0.05) is 12.1 Å². The SMILES string of the molecule is COc1ccccc1NCc1nccn1C. The Hall–Kier alpha value is -1.97. The Balaban J connectivity index is 2.07. The molecule has 0 amide bonds. The van der Waals surface area contributed by atoms with Crippen LogP contribution in [0, 0.1) is 0 Å². The van der Waals surface area contributed by atoms with Crippen molar-refractivity contribution in [2.45, 2.75) is 6.54 Å². The number of anilines is 1. The summed E-state index contributed by atoms with van der Waals surface area (Å²) in [6.07, 6.45) is 3.72. The van der Waals surface area contributed by atoms with Gasteiger partial charge in [-0.25, -0.2) is 4.98 Å². The second-order valence-electron chi connectivity index (χ2n) is 3.51. The molecule has 1 aromatic carbocycles. The predicted octanol–water partition coefficient (Wildman–Crippen LogP) is 2.04. The monoisotopic (exact) mass is 217 g/mol. The van der Waals surface area contributed by atoms with Gasteiger partial charge >= 0.3 is 0 Å². The number of ether oxygens (including phenoxy) is 1. The van der Waals surface area contributed by atoms with Gasteiger partial charge in [0.25, 0.3) is 0 Å². The molecule has 1 N–H and O–H groups in total. The molecule has 0 saturated carbocycles. The maximum atomic E-state index is 5.26. The number of hydrogen-bond donors (Lipinski definition) is 1. The number of imidazole rings is 1. The Morgan fingerprint density at radius 1 is 1.38 bits per heavy atom. The standard InChI is InChI=1S/C12H15N3O/c1-15-8-7-13-12(15)9-14-10-5-3-4-6-11(10)16-2/h3-8,14H,9H2,1-2H3. The molecule has 0 bridgehead atoms. The van der Waals surface area contributed by atoms with Gasteiger partial charge in [0, 0.05) is 19.4 Å². The summed E-state index contributed by atoms with van der Waals surface area (Å²) in [7, 11) is 3.65. The van der Waals surface area contributed by atoms with Gasteiger partial charge in [0.2, 0.25) is 0 Å². The van der Waals surface area contributed by atoms with Crippen LogP contribution in [-0.2, 0) is 13.6 Å². The second kappa shape index (κ2) is 4.70. The predicted molar refractivity (Wildman–Crippen MR) is 63.5 cm³/mol. The van der Waals surface area contributed by atoms with Crippen LogP contribution in [0.25, 0.3) is 0 Å². The van der Waals surface area contributed by atoms with Crippen LogP contribution >= 0.6 is 0 Å². The van der Waals surface area contributed by atoms with Crippen molar-refractivity contribution >= 4 is 5.69 Å². The molecule has 0 radical (unpaired) electrons. The zero-order chi connectivity index (χ0) is 11.4. The molecule has 0 atom stereocenters. The Labute approximate surface area is 94.9 Å². The third-order valence-corrected chi connectivity index (χ3v) is 2.46. The summed E-state index contributed by atoms with van der Waals surface area (Å²) in [5.41, 5.74) is 0.980. The fourth-order valence-electron chi connectivity index (χ4n) is 1.53. The van der Waals surface area contributed by atoms with Gasteiger partial charge in [-0.15, -0.1) is 0 Å². The molecular weight excluding hydrogens is 202 g/mol. The number of nitrogens with zero attached hydrogens (tertiary/aromatic N) is 2. The van der Waals surface area contributed by atoms with Gasteiger partial charge < -0.3 is 14.6 Å². The van der Waals surface area contributed by atoms with Gasteiger partial charge in [0.05, 0.1) is 19.3 Å². The Bertz CT molecular complexity index is 465. The Morgan fingerprint density at radius 2 is 2.19 bits per heavy atom. The summed E-state index contributed by atoms with van der Waals surface area (Å²) in [4.78, 5) is 4.25. The minimum absolute atomic E-state index is 0.684. The van der Waals surface area contributed by atoms with Gasteiger partial charge in [0.1, 0.15) is 11.6 Å². The lowest BCUT2D eigenvalue weighted by atomic mass is 10.3. The normalized spacial score (nSPS) is 10.1. The van der Waals surface area contributed by atoms with E-state index in [1.54, 1.807) is 13.3 Å². The molecule has 0 aliphatic rings. The molecule has 0 unspecified atom stereocenters. The van der Waals surface area contributed by atoms with E-state index in [9.17, 15) is 0 Å². The highest BCUT2D eigenvalue weighted by molar-refractivity contribution is 5.56. The van der Waals surface area contributed by atoms with E-state index >= 15 is 0 Å². The van der Waals surface area contributed by atoms with Crippen molar-refractivity contribution in [1.29, 1.82) is 0 Å². The van der Waals surface area contributed by atoms with Gasteiger partial charge in [-0.2, -0.15) is 0 Å². The quantitative estimate of drug-likeness (QED) is 0.851. The van der Waals surface area contributed by atoms with E-state index in [2.05, 4.69) is 10.3 Å². The average molecular weight is 217 g/mol. The van der Waals surface area contributed by atoms with Crippen molar-refractivity contribution in [2.75, 3.05) is 12.4 Å². The highest BCUT2D eigenvalue weighted by Gasteiger charge is 2.02. The summed E-state index contributed by atoms with van der Waals surface area (Å²) in [6.45, 7) is 0.684. The lowest BCUT2D eigenvalue weighted by Gasteiger charge is -2.10. The number of hydrogen-bond acceptors (Lipinski definition) is 3. The zero-order valence-electron chi connectivity index (χ0n) is 9.47. The fraction of sp³-hybridized carbons (Fsp3) is 0.250. The lowest BCUT2D eigenvalue weighted by Crippen LogP contribution is -2.06. The lowest BCUT2D eigenvalue weighted by molar-refractivity contribution is 0.416. The number of nitrogens with one attached hydrogen (secondary N) is 1. The molecule has 1 aromatic heterocycles. The van der Waals surface area contributed by atoms with Crippen LogP contribution < -0.4 is 10.1 Å². The summed E-state index contributed by atoms with van der Waals surface area (Å²) in [5, 5.41) is 3.30. The molecule has 1 heterocycles. The van der Waals surface area contributed by atoms with Crippen LogP contribution in [0.4, 0.5) is 5.69 Å². The van der Waals surface area contributed by atoms with Crippen LogP contribution in [0.5, 0.6) is 5.75 Å². The van der Waals surface area contributed by atoms with Gasteiger partial charge in [-0.05, 0) is 12.1 Å². The van der Waals surface area contributed by atoms with Crippen molar-refractivity contribution < 1.29 is 4.74 Å². The first-order valence-electron chi connectivity index (χ1n) is 5.14. The van der Waals surface area contributed by atoms with E-state index in [1.165, 1.54) is 0 Å². The minimum atomic E-state index is 0.684. The molecule has 2 rings (SSSR count). The van der Waals surface area contributed by atoms with Crippen molar-refractivity contribution in [3.8, 4) is 5.75 Å². The van der Waals surface area contributed by atoms with E-state index in [4.69, 9.17) is 4.74 Å². The number of benzene rings is 1. The molecule has 2 aromatic rings. The summed E-state index contributed by atoms with van der Waals surface area (Å²) in [5.74, 6) is 1.84. The minimum Gasteiger partial charge on any atom is -0.495 e. The van der Waals surface area contributed by atoms with Crippen LogP contribution in [0.1, 0.15) is 5.82 Å². The van der Waals surface area contributed by atoms with Crippen LogP contribution in [0.15, 0.2) is 36.7 Å². The molecule has 0 saturated heterocycles. The first kappa shape index (κ1) is 10.5. The topological polar surface area (TPSA) is 39.1 Å². The average Bonchev–Trinajstić information content (AvgIpc) is 2.72. The molecule has 0 fully saturated rings. The smallest absolute Gasteiger partial charge is 0.141 e. The van der Waals surface area contributed by atoms with E-state index in [0.29, 0.717) is 6.54 Å². The summed E-state index contributed by atoms with van der Waals surface area (Å²) >= 11 is 0. The number of aryl methyl sites for hydroxylation is 1. The fourth-order valence-corrected chi connectivity index (χ4v) is 1.53. The van der Waals surface area contributed by atoms with Crippen LogP contribution in [0.3, 0.4) is 0 Å². The molecule has 0 spiro atoms. The summed E-state index contributed by atoms with van der Waals surface area (Å²) < 4.78 is 7.24. The van der Waals surface area contributed by atoms with Crippen molar-refractivity contribution in [1.82, 2.24) is 9.55 Å². The van der Waals surface area contributed by atoms with E-state index in [-0.39, 0.29) is 0 Å². The second-order valence-corrected chi connectivity index (χ2v) is 3.51. The van der Waals surface area contributed by atoms with Gasteiger partial charge in [-0.3, -0.25) is 0 Å². The first-order chi connectivity index (χ1) is 7.81. The van der Waals surface area contributed by atoms with E-state index in [1.807, 2.05) is 42.1 Å². The molecule has 4 nitrogen and oxygen atoms in total. The number of methoxy groups -OCH3 is 1. The maximum Gasteiger partial charge on any atom is 0.141 e. The first-order valence-corrected chi connectivity index (χ1v) is 5.14. The van der Waals surface area contributed by atoms with Crippen molar-refractivity contribution in [3.05, 3.63) is 42.5 Å². The van der Waals surface area contributed by atoms with Crippen molar-refractivity contribution in [2.24, 2.45) is 7.05 Å². The Morgan fingerprint density at radius 3 is 2.88 bits per heavy atom. The Kier molecular flexibility index (Phi) is 3.10. The molecule has 0 aliphatic carbocycles. The third kappa shape index (κ3) is 2.16. The molecule has 84 valence electrons. The highest BCUT2D eigenvalue weighted by atomic mass is 16.5. The van der Waals surface area contributed by atoms with E-state index in [0.717, 1.165) is 17.3 Å². The summed E-state index contributed by atoms with van der Waals surface area (Å²) in [6, 6.07) is 7.84. The van der Waals surface area contributed by atoms with Gasteiger partial charge in [0.15, 0.2) is 0 Å². The number of rotatable bonds is 4. The van der Waals surface area contributed by atoms with E-state index < -0.39 is 0 Å². The van der Waals surface area contributed by atoms with Crippen LogP contribution in [0.2, 0.25) is 0 Å². The van der Waals surface area contributed by atoms with Crippen molar-refractivity contribution in [3.63, 3.8) is 0 Å². The highest BCUT2D eigenvalue weighted by Crippen LogP contribution is 2.23. The molecule has 4 heteroatoms.